The van der Waals surface area contributed by atoms with Crippen LogP contribution in [0.2, 0.25) is 10.0 Å². The van der Waals surface area contributed by atoms with E-state index in [-0.39, 0.29) is 46.3 Å². The van der Waals surface area contributed by atoms with Crippen molar-refractivity contribution < 1.29 is 57.7 Å². The number of nitrogens with one attached hydrogen (secondary N) is 2. The SMILES string of the molecule is COc1cc(Cl)c(/C=N/OC2C[C@H](n3cc(CNC(C)=O)c(=O)[nH]c3=O)O[C@@H]2COP(=O)([O-])OCC2C[C@H](O)O[C@@H]2O)c(Cl)c1O. The maximum Gasteiger partial charge on any atom is 0.330 e. The number of ether oxygens (including phenoxy) is 3. The number of halogens is 2. The molecule has 2 saturated heterocycles. The summed E-state index contributed by atoms with van der Waals surface area (Å²) in [5, 5.41) is 35.6. The third-order valence-electron chi connectivity index (χ3n) is 6.90. The van der Waals surface area contributed by atoms with Gasteiger partial charge >= 0.3 is 5.69 Å². The van der Waals surface area contributed by atoms with Gasteiger partial charge in [-0.3, -0.25) is 23.7 Å². The maximum atomic E-state index is 12.7. The number of carbonyl (C=O) groups excluding carboxylic acids is 1. The van der Waals surface area contributed by atoms with E-state index in [4.69, 9.17) is 51.3 Å². The summed E-state index contributed by atoms with van der Waals surface area (Å²) < 4.78 is 39.0. The van der Waals surface area contributed by atoms with Crippen LogP contribution in [0, 0.1) is 5.92 Å². The van der Waals surface area contributed by atoms with Crippen molar-refractivity contribution >= 4 is 43.1 Å². The molecule has 2 aromatic rings. The zero-order valence-corrected chi connectivity index (χ0v) is 26.6. The molecule has 7 atom stereocenters. The number of phosphoric acid groups is 1. The van der Waals surface area contributed by atoms with E-state index in [1.54, 1.807) is 0 Å². The molecule has 46 heavy (non-hydrogen) atoms. The Kier molecular flexibility index (Phi) is 11.9. The lowest BCUT2D eigenvalue weighted by molar-refractivity contribution is -0.231. The normalized spacial score (nSPS) is 25.9. The number of aliphatic hydroxyl groups is 2. The number of nitrogens with zero attached hydrogens (tertiary/aromatic N) is 2. The molecule has 1 amide bonds. The molecule has 0 aliphatic carbocycles. The molecule has 18 nitrogen and oxygen atoms in total. The molecule has 5 N–H and O–H groups in total. The lowest BCUT2D eigenvalue weighted by Gasteiger charge is -2.26. The van der Waals surface area contributed by atoms with Crippen molar-refractivity contribution in [1.82, 2.24) is 14.9 Å². The van der Waals surface area contributed by atoms with Gasteiger partial charge in [0.05, 0.1) is 42.1 Å². The molecular weight excluding hydrogens is 682 g/mol. The number of oxime groups is 1. The average molecular weight is 712 g/mol. The van der Waals surface area contributed by atoms with Gasteiger partial charge in [-0.15, -0.1) is 0 Å². The summed E-state index contributed by atoms with van der Waals surface area (Å²) in [5.74, 6) is -1.65. The molecule has 1 aromatic carbocycles. The van der Waals surface area contributed by atoms with Crippen LogP contribution in [0.4, 0.5) is 0 Å². The molecule has 254 valence electrons. The number of phosphoric ester groups is 1. The van der Waals surface area contributed by atoms with Crippen LogP contribution in [0.25, 0.3) is 0 Å². The van der Waals surface area contributed by atoms with Crippen molar-refractivity contribution in [2.75, 3.05) is 20.3 Å². The van der Waals surface area contributed by atoms with E-state index < -0.39 is 80.9 Å². The van der Waals surface area contributed by atoms with Crippen LogP contribution in [-0.4, -0.2) is 82.1 Å². The number of phenols is 1. The lowest BCUT2D eigenvalue weighted by Crippen LogP contribution is -2.36. The predicted octanol–water partition coefficient (Wildman–Crippen LogP) is 0.0754. The number of hydrogen-bond acceptors (Lipinski definition) is 15. The summed E-state index contributed by atoms with van der Waals surface area (Å²) in [6.45, 7) is -0.182. The summed E-state index contributed by atoms with van der Waals surface area (Å²) in [6, 6.07) is 1.29. The van der Waals surface area contributed by atoms with Crippen LogP contribution < -0.4 is 26.2 Å². The molecule has 4 rings (SSSR count). The fraction of sp³-hybridized carbons (Fsp3) is 0.520. The molecule has 2 aliphatic rings. The van der Waals surface area contributed by atoms with Crippen molar-refractivity contribution in [3.8, 4) is 11.5 Å². The number of aromatic hydroxyl groups is 1. The number of rotatable bonds is 13. The Morgan fingerprint density at radius 3 is 2.63 bits per heavy atom. The van der Waals surface area contributed by atoms with Crippen molar-refractivity contribution in [2.24, 2.45) is 11.1 Å². The molecule has 2 aliphatic heterocycles. The molecule has 1 aromatic heterocycles. The topological polar surface area (TPSA) is 253 Å². The number of carbonyl (C=O) groups is 1. The monoisotopic (exact) mass is 711 g/mol. The van der Waals surface area contributed by atoms with Gasteiger partial charge in [0.25, 0.3) is 13.4 Å². The van der Waals surface area contributed by atoms with E-state index in [0.29, 0.717) is 0 Å². The number of phenolic OH excluding ortho intramolecular Hbond substituents is 1. The van der Waals surface area contributed by atoms with Gasteiger partial charge in [0, 0.05) is 50.1 Å². The van der Waals surface area contributed by atoms with E-state index >= 15 is 0 Å². The highest BCUT2D eigenvalue weighted by Gasteiger charge is 2.40. The molecule has 3 unspecified atom stereocenters. The maximum absolute atomic E-state index is 12.7. The summed E-state index contributed by atoms with van der Waals surface area (Å²) >= 11 is 12.4. The van der Waals surface area contributed by atoms with Crippen LogP contribution in [0.15, 0.2) is 27.0 Å². The molecule has 0 bridgehead atoms. The van der Waals surface area contributed by atoms with E-state index in [1.165, 1.54) is 26.3 Å². The minimum absolute atomic E-state index is 0.0111. The highest BCUT2D eigenvalue weighted by Crippen LogP contribution is 2.42. The Morgan fingerprint density at radius 2 is 1.98 bits per heavy atom. The number of aromatic nitrogens is 2. The molecule has 3 heterocycles. The number of amides is 1. The third-order valence-corrected chi connectivity index (χ3v) is 8.52. The Bertz CT molecular complexity index is 1620. The second-order valence-electron chi connectivity index (χ2n) is 10.1. The Balaban J connectivity index is 1.53. The van der Waals surface area contributed by atoms with Gasteiger partial charge in [-0.25, -0.2) is 4.79 Å². The van der Waals surface area contributed by atoms with E-state index in [9.17, 15) is 39.2 Å². The summed E-state index contributed by atoms with van der Waals surface area (Å²) in [4.78, 5) is 56.5. The number of methoxy groups -OCH3 is 1. The van der Waals surface area contributed by atoms with Crippen molar-refractivity contribution in [1.29, 1.82) is 0 Å². The minimum Gasteiger partial charge on any atom is -0.756 e. The van der Waals surface area contributed by atoms with Gasteiger partial charge in [-0.1, -0.05) is 28.4 Å². The van der Waals surface area contributed by atoms with Crippen LogP contribution in [0.1, 0.15) is 37.1 Å². The van der Waals surface area contributed by atoms with Crippen LogP contribution in [0.3, 0.4) is 0 Å². The molecule has 2 fully saturated rings. The van der Waals surface area contributed by atoms with Crippen molar-refractivity contribution in [3.63, 3.8) is 0 Å². The molecule has 0 spiro atoms. The summed E-state index contributed by atoms with van der Waals surface area (Å²) in [5.41, 5.74) is -1.52. The molecular formula is C25H30Cl2N4O14P-. The highest BCUT2D eigenvalue weighted by molar-refractivity contribution is 7.45. The zero-order chi connectivity index (χ0) is 33.8. The van der Waals surface area contributed by atoms with Gasteiger partial charge in [0.1, 0.15) is 12.3 Å². The first-order valence-corrected chi connectivity index (χ1v) is 15.7. The minimum atomic E-state index is -5.01. The number of aliphatic hydroxyl groups excluding tert-OH is 2. The fourth-order valence-electron chi connectivity index (χ4n) is 4.50. The van der Waals surface area contributed by atoms with Crippen LogP contribution >= 0.6 is 31.0 Å². The lowest BCUT2D eigenvalue weighted by atomic mass is 10.1. The fourth-order valence-corrected chi connectivity index (χ4v) is 5.81. The summed E-state index contributed by atoms with van der Waals surface area (Å²) in [7, 11) is -3.71. The van der Waals surface area contributed by atoms with Crippen molar-refractivity contribution in [3.05, 3.63) is 54.3 Å². The highest BCUT2D eigenvalue weighted by atomic mass is 35.5. The third kappa shape index (κ3) is 8.86. The van der Waals surface area contributed by atoms with Crippen LogP contribution in [-0.2, 0) is 39.3 Å². The van der Waals surface area contributed by atoms with E-state index in [0.717, 1.165) is 10.8 Å². The van der Waals surface area contributed by atoms with Gasteiger partial charge in [0.2, 0.25) is 5.91 Å². The average Bonchev–Trinajstić information content (AvgIpc) is 3.55. The van der Waals surface area contributed by atoms with Crippen LogP contribution in [0.5, 0.6) is 11.5 Å². The van der Waals surface area contributed by atoms with Gasteiger partial charge in [-0.2, -0.15) is 0 Å². The van der Waals surface area contributed by atoms with Gasteiger partial charge in [-0.05, 0) is 0 Å². The molecule has 0 radical (unpaired) electrons. The first kappa shape index (κ1) is 35.8. The number of benzene rings is 1. The summed E-state index contributed by atoms with van der Waals surface area (Å²) in [6.07, 6.45) is -4.07. The largest absolute Gasteiger partial charge is 0.756 e. The van der Waals surface area contributed by atoms with Crippen molar-refractivity contribution in [2.45, 2.75) is 57.3 Å². The van der Waals surface area contributed by atoms with E-state index in [1.807, 2.05) is 0 Å². The number of aromatic amines is 1. The first-order chi connectivity index (χ1) is 21.7. The molecule has 21 heteroatoms. The smallest absolute Gasteiger partial charge is 0.330 e. The second-order valence-corrected chi connectivity index (χ2v) is 12.3. The Labute approximate surface area is 269 Å². The first-order valence-electron chi connectivity index (χ1n) is 13.5. The van der Waals surface area contributed by atoms with Gasteiger partial charge in [0.15, 0.2) is 30.2 Å². The Hall–Kier alpha value is -3.03. The Morgan fingerprint density at radius 1 is 1.26 bits per heavy atom. The zero-order valence-electron chi connectivity index (χ0n) is 24.2. The predicted molar refractivity (Wildman–Crippen MR) is 155 cm³/mol. The second kappa shape index (κ2) is 15.2. The number of H-pyrrole nitrogens is 1. The quantitative estimate of drug-likeness (QED) is 0.105. The molecule has 0 saturated carbocycles. The standard InChI is InChI=1S/C25H31Cl2N4O14P/c1-11(32)28-6-13-8-31(25(37)30-23(13)35)19-5-16(45-29-7-14-15(26)4-17(40-2)22(34)21(14)27)18(43-19)10-42-46(38,39)41-9-12-3-20(33)44-24(12)36/h4,7-8,12,16,18-20,24,33-34,36H,3,5-6,9-10H2,1-2H3,(H,28,32)(H,38,39)(H,30,35,37)/p-1/b29-7+/t12?,16?,18-,19-,20-,24+/m1/s1. The van der Waals surface area contributed by atoms with E-state index in [2.05, 4.69) is 15.5 Å². The number of hydrogen-bond donors (Lipinski definition) is 5. The van der Waals surface area contributed by atoms with Gasteiger partial charge < -0.3 is 53.6 Å².